The van der Waals surface area contributed by atoms with E-state index in [4.69, 9.17) is 4.74 Å². The standard InChI is InChI=1S/C14H18N2O3/c1-8-6-11(19-4)9(2)5-10(8)14(3)7-15-12(17)13(18)16-14/h5-6H,7H2,1-4H3,(H,15,17)(H,16,18). The minimum absolute atomic E-state index is 0.379. The number of amides is 2. The Hall–Kier alpha value is -2.04. The third kappa shape index (κ3) is 2.28. The lowest BCUT2D eigenvalue weighted by atomic mass is 9.85. The van der Waals surface area contributed by atoms with Crippen LogP contribution in [-0.2, 0) is 15.1 Å². The predicted octanol–water partition coefficient (Wildman–Crippen LogP) is 0.773. The lowest BCUT2D eigenvalue weighted by Crippen LogP contribution is -2.61. The van der Waals surface area contributed by atoms with Gasteiger partial charge in [-0.1, -0.05) is 0 Å². The fraction of sp³-hybridized carbons (Fsp3) is 0.429. The maximum absolute atomic E-state index is 11.6. The molecule has 2 amide bonds. The van der Waals surface area contributed by atoms with Gasteiger partial charge in [-0.15, -0.1) is 0 Å². The number of methoxy groups -OCH3 is 1. The number of piperazine rings is 1. The Kier molecular flexibility index (Phi) is 3.22. The van der Waals surface area contributed by atoms with Gasteiger partial charge in [-0.2, -0.15) is 0 Å². The summed E-state index contributed by atoms with van der Waals surface area (Å²) in [5.41, 5.74) is 2.41. The van der Waals surface area contributed by atoms with Crippen LogP contribution >= 0.6 is 0 Å². The van der Waals surface area contributed by atoms with E-state index in [2.05, 4.69) is 10.6 Å². The first-order valence-electron chi connectivity index (χ1n) is 6.13. The second-order valence-electron chi connectivity index (χ2n) is 5.11. The number of carbonyl (C=O) groups excluding carboxylic acids is 2. The molecule has 1 fully saturated rings. The van der Waals surface area contributed by atoms with Crippen LogP contribution in [0.4, 0.5) is 0 Å². The Bertz CT molecular complexity index is 554. The van der Waals surface area contributed by atoms with Crippen molar-refractivity contribution in [1.29, 1.82) is 0 Å². The van der Waals surface area contributed by atoms with Crippen LogP contribution in [0.5, 0.6) is 5.75 Å². The van der Waals surface area contributed by atoms with Gasteiger partial charge in [0.25, 0.3) is 0 Å². The summed E-state index contributed by atoms with van der Waals surface area (Å²) >= 11 is 0. The molecule has 0 saturated carbocycles. The van der Waals surface area contributed by atoms with Gasteiger partial charge in [0, 0.05) is 6.54 Å². The van der Waals surface area contributed by atoms with E-state index in [1.165, 1.54) is 0 Å². The molecule has 102 valence electrons. The zero-order valence-electron chi connectivity index (χ0n) is 11.6. The second kappa shape index (κ2) is 4.57. The van der Waals surface area contributed by atoms with Crippen molar-refractivity contribution in [2.45, 2.75) is 26.3 Å². The van der Waals surface area contributed by atoms with Crippen LogP contribution < -0.4 is 15.4 Å². The van der Waals surface area contributed by atoms with Gasteiger partial charge in [-0.05, 0) is 49.6 Å². The Morgan fingerprint density at radius 1 is 1.16 bits per heavy atom. The van der Waals surface area contributed by atoms with Gasteiger partial charge in [0.1, 0.15) is 5.75 Å². The second-order valence-corrected chi connectivity index (χ2v) is 5.11. The smallest absolute Gasteiger partial charge is 0.310 e. The summed E-state index contributed by atoms with van der Waals surface area (Å²) in [5.74, 6) is -0.363. The summed E-state index contributed by atoms with van der Waals surface area (Å²) in [4.78, 5) is 22.8. The highest BCUT2D eigenvalue weighted by Crippen LogP contribution is 2.30. The van der Waals surface area contributed by atoms with E-state index in [0.717, 1.165) is 22.4 Å². The maximum Gasteiger partial charge on any atom is 0.310 e. The molecule has 1 saturated heterocycles. The van der Waals surface area contributed by atoms with Crippen LogP contribution in [0.2, 0.25) is 0 Å². The molecule has 1 unspecified atom stereocenters. The first-order valence-corrected chi connectivity index (χ1v) is 6.13. The van der Waals surface area contributed by atoms with E-state index < -0.39 is 17.4 Å². The first-order chi connectivity index (χ1) is 8.87. The molecule has 1 aliphatic rings. The Balaban J connectivity index is 2.44. The summed E-state index contributed by atoms with van der Waals surface area (Å²) in [6, 6.07) is 3.93. The van der Waals surface area contributed by atoms with E-state index in [-0.39, 0.29) is 0 Å². The Labute approximate surface area is 112 Å². The molecule has 1 aromatic rings. The van der Waals surface area contributed by atoms with Crippen molar-refractivity contribution < 1.29 is 14.3 Å². The van der Waals surface area contributed by atoms with E-state index in [0.29, 0.717) is 6.54 Å². The van der Waals surface area contributed by atoms with E-state index in [9.17, 15) is 9.59 Å². The highest BCUT2D eigenvalue weighted by atomic mass is 16.5. The molecule has 0 aromatic heterocycles. The number of carbonyl (C=O) groups is 2. The molecular formula is C14H18N2O3. The van der Waals surface area contributed by atoms with Crippen LogP contribution in [-0.4, -0.2) is 25.5 Å². The van der Waals surface area contributed by atoms with Gasteiger partial charge in [0.05, 0.1) is 12.6 Å². The van der Waals surface area contributed by atoms with Crippen LogP contribution in [0.25, 0.3) is 0 Å². The minimum Gasteiger partial charge on any atom is -0.496 e. The van der Waals surface area contributed by atoms with Crippen molar-refractivity contribution in [3.05, 3.63) is 28.8 Å². The van der Waals surface area contributed by atoms with Gasteiger partial charge in [-0.25, -0.2) is 0 Å². The quantitative estimate of drug-likeness (QED) is 0.774. The molecular weight excluding hydrogens is 244 g/mol. The van der Waals surface area contributed by atoms with Crippen LogP contribution in [0.3, 0.4) is 0 Å². The van der Waals surface area contributed by atoms with Gasteiger partial charge < -0.3 is 15.4 Å². The molecule has 1 aliphatic heterocycles. The third-order valence-corrected chi connectivity index (χ3v) is 3.53. The molecule has 0 radical (unpaired) electrons. The molecule has 0 bridgehead atoms. The molecule has 5 heteroatoms. The average molecular weight is 262 g/mol. The summed E-state index contributed by atoms with van der Waals surface area (Å²) in [6.45, 7) is 6.20. The number of hydrogen-bond acceptors (Lipinski definition) is 3. The zero-order chi connectivity index (χ0) is 14.2. The molecule has 1 heterocycles. The zero-order valence-corrected chi connectivity index (χ0v) is 11.6. The average Bonchev–Trinajstić information content (AvgIpc) is 2.36. The van der Waals surface area contributed by atoms with Gasteiger partial charge in [0.15, 0.2) is 0 Å². The number of ether oxygens (including phenoxy) is 1. The molecule has 2 rings (SSSR count). The third-order valence-electron chi connectivity index (χ3n) is 3.53. The van der Waals surface area contributed by atoms with Crippen molar-refractivity contribution in [2.75, 3.05) is 13.7 Å². The molecule has 0 aliphatic carbocycles. The molecule has 0 spiro atoms. The summed E-state index contributed by atoms with van der Waals surface area (Å²) in [5, 5.41) is 5.39. The summed E-state index contributed by atoms with van der Waals surface area (Å²) in [6.07, 6.45) is 0. The van der Waals surface area contributed by atoms with E-state index in [1.54, 1.807) is 7.11 Å². The van der Waals surface area contributed by atoms with Crippen molar-refractivity contribution in [3.63, 3.8) is 0 Å². The molecule has 2 N–H and O–H groups in total. The highest BCUT2D eigenvalue weighted by molar-refractivity contribution is 6.35. The van der Waals surface area contributed by atoms with Crippen LogP contribution in [0, 0.1) is 13.8 Å². The van der Waals surface area contributed by atoms with Crippen LogP contribution in [0.1, 0.15) is 23.6 Å². The minimum atomic E-state index is -0.596. The maximum atomic E-state index is 11.6. The van der Waals surface area contributed by atoms with E-state index >= 15 is 0 Å². The summed E-state index contributed by atoms with van der Waals surface area (Å²) < 4.78 is 5.28. The molecule has 5 nitrogen and oxygen atoms in total. The lowest BCUT2D eigenvalue weighted by molar-refractivity contribution is -0.142. The normalized spacial score (nSPS) is 22.7. The predicted molar refractivity (Wildman–Crippen MR) is 71.0 cm³/mol. The van der Waals surface area contributed by atoms with Gasteiger partial charge in [0.2, 0.25) is 0 Å². The largest absolute Gasteiger partial charge is 0.496 e. The van der Waals surface area contributed by atoms with Crippen molar-refractivity contribution in [3.8, 4) is 5.75 Å². The van der Waals surface area contributed by atoms with Gasteiger partial charge >= 0.3 is 11.8 Å². The lowest BCUT2D eigenvalue weighted by Gasteiger charge is -2.36. The Morgan fingerprint density at radius 3 is 2.42 bits per heavy atom. The number of hydrogen-bond donors (Lipinski definition) is 2. The first kappa shape index (κ1) is 13.4. The molecule has 1 aromatic carbocycles. The van der Waals surface area contributed by atoms with Crippen LogP contribution in [0.15, 0.2) is 12.1 Å². The Morgan fingerprint density at radius 2 is 1.84 bits per heavy atom. The number of nitrogens with one attached hydrogen (secondary N) is 2. The molecule has 1 atom stereocenters. The number of benzene rings is 1. The van der Waals surface area contributed by atoms with E-state index in [1.807, 2.05) is 32.9 Å². The highest BCUT2D eigenvalue weighted by Gasteiger charge is 2.37. The molecule has 19 heavy (non-hydrogen) atoms. The van der Waals surface area contributed by atoms with Crippen molar-refractivity contribution >= 4 is 11.8 Å². The summed E-state index contributed by atoms with van der Waals surface area (Å²) in [7, 11) is 1.63. The number of aryl methyl sites for hydroxylation is 2. The fourth-order valence-corrected chi connectivity index (χ4v) is 2.46. The number of rotatable bonds is 2. The van der Waals surface area contributed by atoms with Gasteiger partial charge in [-0.3, -0.25) is 9.59 Å². The SMILES string of the molecule is COc1cc(C)c(C2(C)CNC(=O)C(=O)N2)cc1C. The fourth-order valence-electron chi connectivity index (χ4n) is 2.46. The topological polar surface area (TPSA) is 67.4 Å². The monoisotopic (exact) mass is 262 g/mol. The van der Waals surface area contributed by atoms with Crippen molar-refractivity contribution in [1.82, 2.24) is 10.6 Å². The van der Waals surface area contributed by atoms with Crippen molar-refractivity contribution in [2.24, 2.45) is 0 Å².